The predicted molar refractivity (Wildman–Crippen MR) is 66.0 cm³/mol. The Hall–Kier alpha value is -0.830. The van der Waals surface area contributed by atoms with Crippen LogP contribution in [-0.4, -0.2) is 15.8 Å². The van der Waals surface area contributed by atoms with E-state index in [1.807, 2.05) is 17.9 Å². The summed E-state index contributed by atoms with van der Waals surface area (Å²) in [5.74, 6) is 0.618. The second-order valence-corrected chi connectivity index (χ2v) is 6.06. The Morgan fingerprint density at radius 2 is 2.31 bits per heavy atom. The maximum absolute atomic E-state index is 6.23. The van der Waals surface area contributed by atoms with Crippen LogP contribution in [0, 0.1) is 11.3 Å². The van der Waals surface area contributed by atoms with Crippen molar-refractivity contribution in [3.63, 3.8) is 0 Å². The van der Waals surface area contributed by atoms with Crippen LogP contribution in [0.4, 0.5) is 0 Å². The van der Waals surface area contributed by atoms with E-state index < -0.39 is 0 Å². The average Bonchev–Trinajstić information content (AvgIpc) is 2.58. The summed E-state index contributed by atoms with van der Waals surface area (Å²) in [6, 6.07) is 0.369. The van der Waals surface area contributed by atoms with Crippen molar-refractivity contribution in [1.82, 2.24) is 9.78 Å². The molecule has 2 rings (SSSR count). The van der Waals surface area contributed by atoms with Crippen LogP contribution in [0.3, 0.4) is 0 Å². The molecule has 0 aromatic carbocycles. The molecule has 2 unspecified atom stereocenters. The molecule has 16 heavy (non-hydrogen) atoms. The molecule has 0 bridgehead atoms. The first kappa shape index (κ1) is 11.6. The quantitative estimate of drug-likeness (QED) is 0.831. The number of hydrogen-bond acceptors (Lipinski definition) is 2. The Bertz CT molecular complexity index is 354. The van der Waals surface area contributed by atoms with E-state index in [0.717, 1.165) is 12.8 Å². The molecular weight excluding hydrogens is 198 g/mol. The zero-order valence-electron chi connectivity index (χ0n) is 10.6. The van der Waals surface area contributed by atoms with Gasteiger partial charge in [0.05, 0.1) is 6.20 Å². The van der Waals surface area contributed by atoms with Crippen molar-refractivity contribution in [3.05, 3.63) is 18.0 Å². The summed E-state index contributed by atoms with van der Waals surface area (Å²) >= 11 is 0. The van der Waals surface area contributed by atoms with Gasteiger partial charge in [-0.3, -0.25) is 4.68 Å². The molecule has 1 aromatic heterocycles. The van der Waals surface area contributed by atoms with Gasteiger partial charge in [-0.2, -0.15) is 5.10 Å². The molecular formula is C13H23N3. The summed E-state index contributed by atoms with van der Waals surface area (Å²) < 4.78 is 1.87. The summed E-state index contributed by atoms with van der Waals surface area (Å²) in [4.78, 5) is 0. The van der Waals surface area contributed by atoms with Crippen LogP contribution in [0.25, 0.3) is 0 Å². The van der Waals surface area contributed by atoms with Gasteiger partial charge >= 0.3 is 0 Å². The molecule has 3 nitrogen and oxygen atoms in total. The largest absolute Gasteiger partial charge is 0.327 e. The highest BCUT2D eigenvalue weighted by molar-refractivity contribution is 5.06. The highest BCUT2D eigenvalue weighted by Gasteiger charge is 2.32. The van der Waals surface area contributed by atoms with E-state index in [4.69, 9.17) is 5.73 Å². The fourth-order valence-electron chi connectivity index (χ4n) is 2.86. The van der Waals surface area contributed by atoms with Crippen LogP contribution >= 0.6 is 0 Å². The molecule has 1 fully saturated rings. The molecule has 2 N–H and O–H groups in total. The molecule has 2 atom stereocenters. The number of hydrogen-bond donors (Lipinski definition) is 1. The van der Waals surface area contributed by atoms with E-state index in [-0.39, 0.29) is 0 Å². The highest BCUT2D eigenvalue weighted by Crippen LogP contribution is 2.39. The summed E-state index contributed by atoms with van der Waals surface area (Å²) in [7, 11) is 1.97. The van der Waals surface area contributed by atoms with Gasteiger partial charge in [0.2, 0.25) is 0 Å². The lowest BCUT2D eigenvalue weighted by Gasteiger charge is -2.39. The lowest BCUT2D eigenvalue weighted by atomic mass is 9.69. The predicted octanol–water partition coefficient (Wildman–Crippen LogP) is 2.12. The maximum Gasteiger partial charge on any atom is 0.0521 e. The molecule has 3 heteroatoms. The average molecular weight is 221 g/mol. The van der Waals surface area contributed by atoms with Gasteiger partial charge in [0.1, 0.15) is 0 Å². The Morgan fingerprint density at radius 3 is 2.94 bits per heavy atom. The topological polar surface area (TPSA) is 43.8 Å². The van der Waals surface area contributed by atoms with E-state index >= 15 is 0 Å². The number of nitrogens with two attached hydrogens (primary N) is 1. The van der Waals surface area contributed by atoms with Crippen LogP contribution in [0.15, 0.2) is 12.4 Å². The molecule has 1 aromatic rings. The van der Waals surface area contributed by atoms with Gasteiger partial charge in [-0.05, 0) is 42.6 Å². The molecule has 1 heterocycles. The molecule has 0 spiro atoms. The Labute approximate surface area is 98.0 Å². The van der Waals surface area contributed by atoms with Crippen LogP contribution in [0.1, 0.15) is 38.7 Å². The van der Waals surface area contributed by atoms with Crippen LogP contribution in [0.2, 0.25) is 0 Å². The molecule has 1 aliphatic carbocycles. The lowest BCUT2D eigenvalue weighted by Crippen LogP contribution is -2.40. The number of aromatic nitrogens is 2. The minimum Gasteiger partial charge on any atom is -0.327 e. The van der Waals surface area contributed by atoms with Crippen molar-refractivity contribution >= 4 is 0 Å². The Kier molecular flexibility index (Phi) is 3.06. The smallest absolute Gasteiger partial charge is 0.0521 e. The van der Waals surface area contributed by atoms with Gasteiger partial charge in [-0.15, -0.1) is 0 Å². The number of aryl methyl sites for hydroxylation is 1. The van der Waals surface area contributed by atoms with Crippen molar-refractivity contribution in [1.29, 1.82) is 0 Å². The summed E-state index contributed by atoms with van der Waals surface area (Å²) in [6.45, 7) is 4.71. The molecule has 0 saturated heterocycles. The summed E-state index contributed by atoms with van der Waals surface area (Å²) in [6.07, 6.45) is 8.82. The third-order valence-electron chi connectivity index (χ3n) is 3.83. The fraction of sp³-hybridized carbons (Fsp3) is 0.769. The maximum atomic E-state index is 6.23. The second kappa shape index (κ2) is 4.21. The van der Waals surface area contributed by atoms with E-state index in [0.29, 0.717) is 17.4 Å². The third-order valence-corrected chi connectivity index (χ3v) is 3.83. The van der Waals surface area contributed by atoms with Crippen LogP contribution < -0.4 is 5.73 Å². The van der Waals surface area contributed by atoms with Crippen LogP contribution in [0.5, 0.6) is 0 Å². The molecule has 0 amide bonds. The second-order valence-electron chi connectivity index (χ2n) is 6.06. The van der Waals surface area contributed by atoms with Gasteiger partial charge in [0.15, 0.2) is 0 Å². The zero-order chi connectivity index (χ0) is 11.8. The Morgan fingerprint density at radius 1 is 1.56 bits per heavy atom. The third kappa shape index (κ3) is 2.64. The highest BCUT2D eigenvalue weighted by atomic mass is 15.2. The van der Waals surface area contributed by atoms with E-state index in [2.05, 4.69) is 25.1 Å². The first-order valence-electron chi connectivity index (χ1n) is 6.19. The van der Waals surface area contributed by atoms with E-state index in [1.165, 1.54) is 18.4 Å². The van der Waals surface area contributed by atoms with Crippen molar-refractivity contribution in [2.24, 2.45) is 24.1 Å². The van der Waals surface area contributed by atoms with Crippen molar-refractivity contribution in [2.75, 3.05) is 0 Å². The molecule has 1 saturated carbocycles. The van der Waals surface area contributed by atoms with Gasteiger partial charge in [-0.25, -0.2) is 0 Å². The van der Waals surface area contributed by atoms with Crippen molar-refractivity contribution in [3.8, 4) is 0 Å². The minimum atomic E-state index is 0.369. The van der Waals surface area contributed by atoms with Crippen molar-refractivity contribution < 1.29 is 0 Å². The van der Waals surface area contributed by atoms with Gasteiger partial charge < -0.3 is 5.73 Å². The normalized spacial score (nSPS) is 29.2. The van der Waals surface area contributed by atoms with Crippen molar-refractivity contribution in [2.45, 2.75) is 45.6 Å². The van der Waals surface area contributed by atoms with Gasteiger partial charge in [-0.1, -0.05) is 13.8 Å². The first-order valence-corrected chi connectivity index (χ1v) is 6.19. The summed E-state index contributed by atoms with van der Waals surface area (Å²) in [5, 5.41) is 4.22. The molecule has 90 valence electrons. The molecule has 0 aliphatic heterocycles. The van der Waals surface area contributed by atoms with Crippen LogP contribution in [-0.2, 0) is 13.5 Å². The van der Waals surface area contributed by atoms with Gasteiger partial charge in [0.25, 0.3) is 0 Å². The molecule has 0 radical (unpaired) electrons. The van der Waals surface area contributed by atoms with Gasteiger partial charge in [0, 0.05) is 19.3 Å². The standard InChI is InChI=1S/C13H23N3/c1-13(2)5-4-12(14)11(7-13)6-10-8-15-16(3)9-10/h8-9,11-12H,4-7,14H2,1-3H3. The fourth-order valence-corrected chi connectivity index (χ4v) is 2.86. The Balaban J connectivity index is 2.02. The summed E-state index contributed by atoms with van der Waals surface area (Å²) in [5.41, 5.74) is 8.01. The lowest BCUT2D eigenvalue weighted by molar-refractivity contribution is 0.157. The number of rotatable bonds is 2. The van der Waals surface area contributed by atoms with E-state index in [9.17, 15) is 0 Å². The SMILES string of the molecule is Cn1cc(CC2CC(C)(C)CCC2N)cn1. The van der Waals surface area contributed by atoms with E-state index in [1.54, 1.807) is 0 Å². The zero-order valence-corrected chi connectivity index (χ0v) is 10.6. The molecule has 1 aliphatic rings. The minimum absolute atomic E-state index is 0.369. The monoisotopic (exact) mass is 221 g/mol. The first-order chi connectivity index (χ1) is 7.46. The number of nitrogens with zero attached hydrogens (tertiary/aromatic N) is 2.